The van der Waals surface area contributed by atoms with E-state index in [9.17, 15) is 0 Å². The zero-order valence-corrected chi connectivity index (χ0v) is 16.3. The first kappa shape index (κ1) is 18.4. The number of hydrogen-bond donors (Lipinski definition) is 1. The molecule has 0 unspecified atom stereocenters. The fourth-order valence-electron chi connectivity index (χ4n) is 3.46. The molecule has 1 saturated carbocycles. The number of hydrogen-bond acceptors (Lipinski definition) is 2. The number of para-hydroxylation sites is 1. The fourth-order valence-corrected chi connectivity index (χ4v) is 3.46. The molecule has 0 atom stereocenters. The number of ether oxygens (including phenoxy) is 1. The summed E-state index contributed by atoms with van der Waals surface area (Å²) in [6.45, 7) is 6.69. The van der Waals surface area contributed by atoms with E-state index in [2.05, 4.69) is 17.1 Å². The second-order valence-electron chi connectivity index (χ2n) is 6.42. The van der Waals surface area contributed by atoms with Gasteiger partial charge in [-0.1, -0.05) is 24.6 Å². The van der Waals surface area contributed by atoms with E-state index < -0.39 is 0 Å². The van der Waals surface area contributed by atoms with Gasteiger partial charge in [-0.15, -0.1) is 24.0 Å². The van der Waals surface area contributed by atoms with Crippen molar-refractivity contribution in [2.75, 3.05) is 32.8 Å². The summed E-state index contributed by atoms with van der Waals surface area (Å²) >= 11 is 0. The molecular formula is C18H28IN3O. The topological polar surface area (TPSA) is 36.9 Å². The van der Waals surface area contributed by atoms with Gasteiger partial charge in [0.2, 0.25) is 0 Å². The first-order valence-electron chi connectivity index (χ1n) is 8.52. The van der Waals surface area contributed by atoms with Gasteiger partial charge in [0.15, 0.2) is 5.96 Å². The van der Waals surface area contributed by atoms with Crippen molar-refractivity contribution in [1.29, 1.82) is 0 Å². The summed E-state index contributed by atoms with van der Waals surface area (Å²) in [5, 5.41) is 3.43. The van der Waals surface area contributed by atoms with Gasteiger partial charge >= 0.3 is 0 Å². The molecule has 1 heterocycles. The highest BCUT2D eigenvalue weighted by atomic mass is 127. The number of nitrogens with zero attached hydrogens (tertiary/aromatic N) is 2. The molecule has 0 radical (unpaired) electrons. The predicted molar refractivity (Wildman–Crippen MR) is 106 cm³/mol. The second-order valence-corrected chi connectivity index (χ2v) is 6.42. The molecule has 1 spiro atoms. The monoisotopic (exact) mass is 429 g/mol. The van der Waals surface area contributed by atoms with Crippen molar-refractivity contribution < 1.29 is 4.74 Å². The Kier molecular flexibility index (Phi) is 6.99. The Labute approximate surface area is 156 Å². The van der Waals surface area contributed by atoms with E-state index in [0.29, 0.717) is 18.6 Å². The highest BCUT2D eigenvalue weighted by Gasteiger charge is 2.43. The van der Waals surface area contributed by atoms with Crippen LogP contribution in [0.25, 0.3) is 0 Å². The summed E-state index contributed by atoms with van der Waals surface area (Å²) in [5.41, 5.74) is 0.608. The third kappa shape index (κ3) is 4.75. The van der Waals surface area contributed by atoms with Crippen molar-refractivity contribution in [3.05, 3.63) is 30.3 Å². The van der Waals surface area contributed by atoms with Gasteiger partial charge in [-0.2, -0.15) is 0 Å². The molecule has 2 fully saturated rings. The van der Waals surface area contributed by atoms with E-state index in [4.69, 9.17) is 9.73 Å². The number of likely N-dealkylation sites (tertiary alicyclic amines) is 1. The normalized spacial score (nSPS) is 19.2. The van der Waals surface area contributed by atoms with Crippen LogP contribution in [0, 0.1) is 5.41 Å². The standard InChI is InChI=1S/C18H27N3O.HI/c1-2-19-17(21-13-11-18(15-21)9-6-10-18)20-12-14-22-16-7-4-3-5-8-16;/h3-5,7-8H,2,6,9-15H2,1H3,(H,19,20);1H. The maximum atomic E-state index is 5.72. The lowest BCUT2D eigenvalue weighted by Gasteiger charge is -2.38. The zero-order valence-electron chi connectivity index (χ0n) is 14.0. The Hall–Kier alpha value is -0.980. The highest BCUT2D eigenvalue weighted by Crippen LogP contribution is 2.47. The summed E-state index contributed by atoms with van der Waals surface area (Å²) in [7, 11) is 0. The van der Waals surface area contributed by atoms with Gasteiger partial charge < -0.3 is 15.0 Å². The summed E-state index contributed by atoms with van der Waals surface area (Å²) in [4.78, 5) is 7.18. The van der Waals surface area contributed by atoms with E-state index in [1.54, 1.807) is 0 Å². The molecule has 128 valence electrons. The van der Waals surface area contributed by atoms with Crippen LogP contribution in [0.1, 0.15) is 32.6 Å². The maximum Gasteiger partial charge on any atom is 0.194 e. The quantitative estimate of drug-likeness (QED) is 0.337. The molecule has 1 aliphatic carbocycles. The molecule has 4 nitrogen and oxygen atoms in total. The second kappa shape index (κ2) is 8.76. The van der Waals surface area contributed by atoms with Crippen LogP contribution in [0.5, 0.6) is 5.75 Å². The summed E-state index contributed by atoms with van der Waals surface area (Å²) in [6, 6.07) is 9.94. The van der Waals surface area contributed by atoms with Gasteiger partial charge in [0.25, 0.3) is 0 Å². The zero-order chi connectivity index (χ0) is 15.3. The number of guanidine groups is 1. The minimum absolute atomic E-state index is 0. The molecule has 23 heavy (non-hydrogen) atoms. The molecule has 3 rings (SSSR count). The summed E-state index contributed by atoms with van der Waals surface area (Å²) in [6.07, 6.45) is 5.55. The van der Waals surface area contributed by atoms with Crippen molar-refractivity contribution in [3.63, 3.8) is 0 Å². The van der Waals surface area contributed by atoms with Crippen LogP contribution in [0.3, 0.4) is 0 Å². The smallest absolute Gasteiger partial charge is 0.194 e. The Bertz CT molecular complexity index is 502. The minimum Gasteiger partial charge on any atom is -0.492 e. The van der Waals surface area contributed by atoms with Crippen LogP contribution in [-0.2, 0) is 0 Å². The SMILES string of the molecule is CCNC(=NCCOc1ccccc1)N1CCC2(CCC2)C1.I. The lowest BCUT2D eigenvalue weighted by molar-refractivity contribution is 0.151. The van der Waals surface area contributed by atoms with Gasteiger partial charge in [0, 0.05) is 19.6 Å². The molecule has 0 aromatic heterocycles. The van der Waals surface area contributed by atoms with E-state index in [0.717, 1.165) is 24.8 Å². The third-order valence-electron chi connectivity index (χ3n) is 4.85. The minimum atomic E-state index is 0. The molecular weight excluding hydrogens is 401 g/mol. The number of halogens is 1. The summed E-state index contributed by atoms with van der Waals surface area (Å²) in [5.74, 6) is 1.97. The van der Waals surface area contributed by atoms with E-state index >= 15 is 0 Å². The van der Waals surface area contributed by atoms with E-state index in [-0.39, 0.29) is 24.0 Å². The average Bonchev–Trinajstić information content (AvgIpc) is 2.97. The Morgan fingerprint density at radius 1 is 1.26 bits per heavy atom. The van der Waals surface area contributed by atoms with Gasteiger partial charge in [0.05, 0.1) is 6.54 Å². The summed E-state index contributed by atoms with van der Waals surface area (Å²) < 4.78 is 5.72. The lowest BCUT2D eigenvalue weighted by atomic mass is 9.68. The molecule has 0 amide bonds. The van der Waals surface area contributed by atoms with Gasteiger partial charge in [-0.3, -0.25) is 0 Å². The highest BCUT2D eigenvalue weighted by molar-refractivity contribution is 14.0. The van der Waals surface area contributed by atoms with Crippen molar-refractivity contribution >= 4 is 29.9 Å². The molecule has 5 heteroatoms. The van der Waals surface area contributed by atoms with Crippen LogP contribution in [0.2, 0.25) is 0 Å². The van der Waals surface area contributed by atoms with Crippen LogP contribution in [-0.4, -0.2) is 43.6 Å². The van der Waals surface area contributed by atoms with Crippen molar-refractivity contribution in [1.82, 2.24) is 10.2 Å². The van der Waals surface area contributed by atoms with Crippen LogP contribution in [0.15, 0.2) is 35.3 Å². The van der Waals surface area contributed by atoms with E-state index in [1.807, 2.05) is 30.3 Å². The van der Waals surface area contributed by atoms with Crippen molar-refractivity contribution in [2.45, 2.75) is 32.6 Å². The molecule has 1 aromatic rings. The fraction of sp³-hybridized carbons (Fsp3) is 0.611. The largest absolute Gasteiger partial charge is 0.492 e. The first-order valence-corrected chi connectivity index (χ1v) is 8.52. The van der Waals surface area contributed by atoms with Crippen LogP contribution in [0.4, 0.5) is 0 Å². The molecule has 2 aliphatic rings. The first-order chi connectivity index (χ1) is 10.8. The molecule has 1 saturated heterocycles. The molecule has 1 aromatic carbocycles. The molecule has 0 bridgehead atoms. The number of benzene rings is 1. The molecule has 1 aliphatic heterocycles. The van der Waals surface area contributed by atoms with Crippen molar-refractivity contribution in [2.24, 2.45) is 10.4 Å². The Morgan fingerprint density at radius 2 is 2.04 bits per heavy atom. The predicted octanol–water partition coefficient (Wildman–Crippen LogP) is 3.52. The van der Waals surface area contributed by atoms with Crippen LogP contribution >= 0.6 is 24.0 Å². The Morgan fingerprint density at radius 3 is 2.65 bits per heavy atom. The lowest BCUT2D eigenvalue weighted by Crippen LogP contribution is -2.42. The van der Waals surface area contributed by atoms with Gasteiger partial charge in [-0.25, -0.2) is 4.99 Å². The van der Waals surface area contributed by atoms with Crippen molar-refractivity contribution in [3.8, 4) is 5.75 Å². The Balaban J connectivity index is 0.00000192. The maximum absolute atomic E-state index is 5.72. The van der Waals surface area contributed by atoms with Gasteiger partial charge in [-0.05, 0) is 43.7 Å². The average molecular weight is 429 g/mol. The number of rotatable bonds is 5. The number of aliphatic imine (C=N–C) groups is 1. The molecule has 1 N–H and O–H groups in total. The third-order valence-corrected chi connectivity index (χ3v) is 4.85. The van der Waals surface area contributed by atoms with E-state index in [1.165, 1.54) is 32.2 Å². The van der Waals surface area contributed by atoms with Gasteiger partial charge in [0.1, 0.15) is 12.4 Å². The number of nitrogens with one attached hydrogen (secondary N) is 1. The van der Waals surface area contributed by atoms with Crippen LogP contribution < -0.4 is 10.1 Å².